The molecule has 27 heavy (non-hydrogen) atoms. The molecule has 8 heteroatoms. The van der Waals surface area contributed by atoms with Gasteiger partial charge >= 0.3 is 0 Å². The van der Waals surface area contributed by atoms with E-state index in [0.717, 1.165) is 18.5 Å². The van der Waals surface area contributed by atoms with Gasteiger partial charge in [-0.15, -0.1) is 10.2 Å². The van der Waals surface area contributed by atoms with Crippen molar-refractivity contribution >= 4 is 11.8 Å². The molecular formula is C19H26N6O2. The van der Waals surface area contributed by atoms with Crippen LogP contribution in [0.25, 0.3) is 5.69 Å². The van der Waals surface area contributed by atoms with Gasteiger partial charge in [-0.25, -0.2) is 0 Å². The molecule has 0 radical (unpaired) electrons. The molecule has 0 bridgehead atoms. The van der Waals surface area contributed by atoms with Crippen molar-refractivity contribution in [3.05, 3.63) is 42.5 Å². The Labute approximate surface area is 158 Å². The van der Waals surface area contributed by atoms with Gasteiger partial charge in [-0.05, 0) is 56.9 Å². The smallest absolute Gasteiger partial charge is 0.251 e. The van der Waals surface area contributed by atoms with Crippen molar-refractivity contribution in [2.45, 2.75) is 38.8 Å². The van der Waals surface area contributed by atoms with Crippen LogP contribution in [-0.2, 0) is 4.79 Å². The van der Waals surface area contributed by atoms with Crippen LogP contribution in [0, 0.1) is 5.92 Å². The van der Waals surface area contributed by atoms with Crippen molar-refractivity contribution in [3.63, 3.8) is 0 Å². The highest BCUT2D eigenvalue weighted by Crippen LogP contribution is 2.21. The number of aromatic nitrogens is 3. The maximum Gasteiger partial charge on any atom is 0.251 e. The second-order valence-corrected chi connectivity index (χ2v) is 7.13. The maximum atomic E-state index is 12.5. The minimum absolute atomic E-state index is 0.00156. The highest BCUT2D eigenvalue weighted by Gasteiger charge is 2.28. The largest absolute Gasteiger partial charge is 0.349 e. The zero-order chi connectivity index (χ0) is 19.4. The first kappa shape index (κ1) is 19.0. The van der Waals surface area contributed by atoms with Gasteiger partial charge in [-0.3, -0.25) is 14.2 Å². The molecule has 0 saturated carbocycles. The number of piperidine rings is 1. The van der Waals surface area contributed by atoms with E-state index >= 15 is 0 Å². The summed E-state index contributed by atoms with van der Waals surface area (Å²) < 4.78 is 1.78. The number of carbonyl (C=O) groups is 2. The topological polar surface area (TPSA) is 106 Å². The highest BCUT2D eigenvalue weighted by molar-refractivity contribution is 5.94. The van der Waals surface area contributed by atoms with Gasteiger partial charge < -0.3 is 16.0 Å². The van der Waals surface area contributed by atoms with Crippen molar-refractivity contribution in [1.29, 1.82) is 0 Å². The van der Waals surface area contributed by atoms with E-state index in [9.17, 15) is 9.59 Å². The molecular weight excluding hydrogens is 344 g/mol. The summed E-state index contributed by atoms with van der Waals surface area (Å²) in [6.07, 6.45) is 4.96. The van der Waals surface area contributed by atoms with Gasteiger partial charge in [0.25, 0.3) is 5.91 Å². The summed E-state index contributed by atoms with van der Waals surface area (Å²) in [4.78, 5) is 26.3. The Kier molecular flexibility index (Phi) is 5.85. The van der Waals surface area contributed by atoms with Gasteiger partial charge in [0.05, 0.1) is 6.04 Å². The van der Waals surface area contributed by atoms with E-state index in [1.165, 1.54) is 0 Å². The van der Waals surface area contributed by atoms with Gasteiger partial charge in [0.1, 0.15) is 12.7 Å². The molecule has 3 N–H and O–H groups in total. The van der Waals surface area contributed by atoms with Crippen LogP contribution in [-0.4, -0.2) is 56.7 Å². The molecule has 144 valence electrons. The van der Waals surface area contributed by atoms with E-state index in [1.807, 2.05) is 24.0 Å². The summed E-state index contributed by atoms with van der Waals surface area (Å²) in [5.74, 6) is 0.257. The molecule has 1 fully saturated rings. The van der Waals surface area contributed by atoms with Crippen LogP contribution in [0.15, 0.2) is 36.9 Å². The lowest BCUT2D eigenvalue weighted by atomic mass is 9.90. The molecule has 2 amide bonds. The predicted molar refractivity (Wildman–Crippen MR) is 101 cm³/mol. The maximum absolute atomic E-state index is 12.5. The van der Waals surface area contributed by atoms with Gasteiger partial charge in [-0.1, -0.05) is 0 Å². The third kappa shape index (κ3) is 4.51. The predicted octanol–water partition coefficient (Wildman–Crippen LogP) is 0.971. The minimum atomic E-state index is -0.459. The highest BCUT2D eigenvalue weighted by atomic mass is 16.2. The van der Waals surface area contributed by atoms with Crippen molar-refractivity contribution in [1.82, 2.24) is 25.0 Å². The standard InChI is InChI=1S/C19H26N6O2/c1-13(20)19(27)24-9-7-15(8-10-24)14(2)23-18(26)16-3-5-17(6-4-16)25-11-21-22-12-25/h3-6,11-15H,7-10,20H2,1-2H3,(H,23,26)/t13-,14?/m0/s1. The van der Waals surface area contributed by atoms with E-state index in [0.29, 0.717) is 24.6 Å². The van der Waals surface area contributed by atoms with E-state index in [2.05, 4.69) is 15.5 Å². The van der Waals surface area contributed by atoms with Crippen molar-refractivity contribution in [2.75, 3.05) is 13.1 Å². The minimum Gasteiger partial charge on any atom is -0.349 e. The van der Waals surface area contributed by atoms with Crippen molar-refractivity contribution in [2.24, 2.45) is 11.7 Å². The number of nitrogens with zero attached hydrogens (tertiary/aromatic N) is 4. The number of hydrogen-bond acceptors (Lipinski definition) is 5. The van der Waals surface area contributed by atoms with E-state index in [-0.39, 0.29) is 17.9 Å². The van der Waals surface area contributed by atoms with Crippen LogP contribution in [0.2, 0.25) is 0 Å². The summed E-state index contributed by atoms with van der Waals surface area (Å²) >= 11 is 0. The summed E-state index contributed by atoms with van der Waals surface area (Å²) in [6, 6.07) is 6.90. The Hall–Kier alpha value is -2.74. The van der Waals surface area contributed by atoms with Crippen LogP contribution in [0.3, 0.4) is 0 Å². The lowest BCUT2D eigenvalue weighted by Crippen LogP contribution is -2.49. The number of amides is 2. The first-order valence-electron chi connectivity index (χ1n) is 9.26. The average Bonchev–Trinajstić information content (AvgIpc) is 3.22. The van der Waals surface area contributed by atoms with Gasteiger partial charge in [0, 0.05) is 30.4 Å². The van der Waals surface area contributed by atoms with Crippen LogP contribution >= 0.6 is 0 Å². The number of nitrogens with one attached hydrogen (secondary N) is 1. The molecule has 2 heterocycles. The van der Waals surface area contributed by atoms with Crippen LogP contribution < -0.4 is 11.1 Å². The fraction of sp³-hybridized carbons (Fsp3) is 0.474. The molecule has 0 spiro atoms. The van der Waals surface area contributed by atoms with Crippen molar-refractivity contribution < 1.29 is 9.59 Å². The van der Waals surface area contributed by atoms with E-state index in [4.69, 9.17) is 5.73 Å². The SMILES string of the molecule is CC(NC(=O)c1ccc(-n2cnnc2)cc1)C1CCN(C(=O)[C@H](C)N)CC1. The van der Waals surface area contributed by atoms with Gasteiger partial charge in [0.15, 0.2) is 0 Å². The third-order valence-electron chi connectivity index (χ3n) is 5.15. The quantitative estimate of drug-likeness (QED) is 0.816. The van der Waals surface area contributed by atoms with Crippen LogP contribution in [0.1, 0.15) is 37.0 Å². The molecule has 1 unspecified atom stereocenters. The summed E-state index contributed by atoms with van der Waals surface area (Å²) in [5.41, 5.74) is 7.19. The fourth-order valence-electron chi connectivity index (χ4n) is 3.43. The number of rotatable bonds is 5. The second kappa shape index (κ2) is 8.30. The zero-order valence-corrected chi connectivity index (χ0v) is 15.7. The second-order valence-electron chi connectivity index (χ2n) is 7.13. The number of benzene rings is 1. The normalized spacial score (nSPS) is 17.4. The Balaban J connectivity index is 1.53. The summed E-state index contributed by atoms with van der Waals surface area (Å²) in [6.45, 7) is 5.13. The molecule has 1 aliphatic heterocycles. The molecule has 2 aromatic rings. The average molecular weight is 370 g/mol. The first-order chi connectivity index (χ1) is 13.0. The monoisotopic (exact) mass is 370 g/mol. The summed E-state index contributed by atoms with van der Waals surface area (Å²) in [5, 5.41) is 10.6. The number of nitrogens with two attached hydrogens (primary N) is 1. The fourth-order valence-corrected chi connectivity index (χ4v) is 3.43. The van der Waals surface area contributed by atoms with Crippen LogP contribution in [0.4, 0.5) is 0 Å². The molecule has 1 aliphatic rings. The molecule has 3 rings (SSSR count). The van der Waals surface area contributed by atoms with E-state index < -0.39 is 6.04 Å². The third-order valence-corrected chi connectivity index (χ3v) is 5.15. The molecule has 8 nitrogen and oxygen atoms in total. The lowest BCUT2D eigenvalue weighted by molar-refractivity contribution is -0.133. The van der Waals surface area contributed by atoms with Crippen LogP contribution in [0.5, 0.6) is 0 Å². The lowest BCUT2D eigenvalue weighted by Gasteiger charge is -2.35. The Bertz CT molecular complexity index is 764. The number of likely N-dealkylation sites (tertiary alicyclic amines) is 1. The molecule has 2 atom stereocenters. The van der Waals surface area contributed by atoms with Gasteiger partial charge in [-0.2, -0.15) is 0 Å². The number of hydrogen-bond donors (Lipinski definition) is 2. The molecule has 1 aromatic carbocycles. The van der Waals surface area contributed by atoms with Crippen molar-refractivity contribution in [3.8, 4) is 5.69 Å². The Morgan fingerprint density at radius 1 is 1.11 bits per heavy atom. The summed E-state index contributed by atoms with van der Waals surface area (Å²) in [7, 11) is 0. The molecule has 1 saturated heterocycles. The zero-order valence-electron chi connectivity index (χ0n) is 15.7. The molecule has 0 aliphatic carbocycles. The number of carbonyl (C=O) groups excluding carboxylic acids is 2. The Morgan fingerprint density at radius 3 is 2.26 bits per heavy atom. The van der Waals surface area contributed by atoms with Gasteiger partial charge in [0.2, 0.25) is 5.91 Å². The molecule has 1 aromatic heterocycles. The Morgan fingerprint density at radius 2 is 1.70 bits per heavy atom. The first-order valence-corrected chi connectivity index (χ1v) is 9.26. The van der Waals surface area contributed by atoms with E-state index in [1.54, 1.807) is 36.3 Å².